The van der Waals surface area contributed by atoms with Crippen LogP contribution in [0, 0.1) is 0 Å². The topological polar surface area (TPSA) is 57.4 Å². The third-order valence-corrected chi connectivity index (χ3v) is 8.07. The summed E-state index contributed by atoms with van der Waals surface area (Å²) in [5, 5.41) is -0.267. The Balaban J connectivity index is 3.14. The Morgan fingerprint density at radius 1 is 1.33 bits per heavy atom. The van der Waals surface area contributed by atoms with Gasteiger partial charge in [-0.2, -0.15) is 0 Å². The van der Waals surface area contributed by atoms with Gasteiger partial charge in [-0.1, -0.05) is 34.6 Å². The largest absolute Gasteiger partial charge is 0.489 e. The molecule has 0 radical (unpaired) electrons. The maximum atomic E-state index is 8.15. The maximum Gasteiger partial charge on any atom is 0.192 e. The van der Waals surface area contributed by atoms with Crippen LogP contribution in [0.25, 0.3) is 0 Å². The molecule has 2 N–H and O–H groups in total. The summed E-state index contributed by atoms with van der Waals surface area (Å²) in [4.78, 5) is 4.18. The fraction of sp³-hybridized carbons (Fsp3) is 0.688. The number of hydrogen-bond acceptors (Lipinski definition) is 4. The third kappa shape index (κ3) is 4.71. The first-order valence-electron chi connectivity index (χ1n) is 9.15. The Bertz CT molecular complexity index is 617. The van der Waals surface area contributed by atoms with E-state index in [2.05, 4.69) is 4.98 Å². The predicted molar refractivity (Wildman–Crippen MR) is 91.4 cm³/mol. The van der Waals surface area contributed by atoms with Crippen LogP contribution in [-0.4, -0.2) is 26.4 Å². The quantitative estimate of drug-likeness (QED) is 0.800. The summed E-state index contributed by atoms with van der Waals surface area (Å²) in [7, 11) is -2.55. The van der Waals surface area contributed by atoms with Crippen LogP contribution in [0.4, 0.5) is 5.69 Å². The minimum absolute atomic E-state index is 0.0367. The smallest absolute Gasteiger partial charge is 0.192 e. The van der Waals surface area contributed by atoms with Crippen molar-refractivity contribution in [3.8, 4) is 5.75 Å². The zero-order valence-corrected chi connectivity index (χ0v) is 15.1. The van der Waals surface area contributed by atoms with E-state index in [0.717, 1.165) is 0 Å². The molecule has 0 spiro atoms. The number of ether oxygens (including phenoxy) is 1. The van der Waals surface area contributed by atoms with Crippen molar-refractivity contribution in [2.45, 2.75) is 58.7 Å². The van der Waals surface area contributed by atoms with Crippen LogP contribution in [-0.2, 0) is 4.43 Å². The first-order chi connectivity index (χ1) is 11.0. The van der Waals surface area contributed by atoms with E-state index in [4.69, 9.17) is 20.4 Å². The fourth-order valence-electron chi connectivity index (χ4n) is 1.40. The van der Waals surface area contributed by atoms with Gasteiger partial charge in [0, 0.05) is 12.3 Å². The standard InChI is InChI=1S/C16H30N2O2Si/c1-12(2)15-14(17)13(8-9-18-15)19-10-11-20-21(6,7)16(3,4)5/h8-9,12H,10-11,17H2,1-7H3/i10D2,11D2. The van der Waals surface area contributed by atoms with Crippen LogP contribution in [0.1, 0.15) is 51.7 Å². The molecular weight excluding hydrogens is 280 g/mol. The lowest BCUT2D eigenvalue weighted by Gasteiger charge is -2.36. The Morgan fingerprint density at radius 2 is 1.95 bits per heavy atom. The second-order valence-corrected chi connectivity index (χ2v) is 11.7. The lowest BCUT2D eigenvalue weighted by molar-refractivity contribution is 0.204. The van der Waals surface area contributed by atoms with Gasteiger partial charge in [0.25, 0.3) is 0 Å². The molecule has 1 aromatic heterocycles. The zero-order chi connectivity index (χ0) is 19.8. The van der Waals surface area contributed by atoms with E-state index in [0.29, 0.717) is 5.69 Å². The second-order valence-electron chi connectivity index (χ2n) is 6.93. The number of anilines is 1. The van der Waals surface area contributed by atoms with Crippen molar-refractivity contribution in [2.75, 3.05) is 18.9 Å². The average Bonchev–Trinajstić information content (AvgIpc) is 2.37. The number of nitrogen functional groups attached to an aromatic ring is 1. The molecule has 0 unspecified atom stereocenters. The van der Waals surface area contributed by atoms with Crippen molar-refractivity contribution in [1.29, 1.82) is 0 Å². The Kier molecular flexibility index (Phi) is 4.03. The van der Waals surface area contributed by atoms with Gasteiger partial charge in [-0.05, 0) is 24.1 Å². The summed E-state index contributed by atoms with van der Waals surface area (Å²) >= 11 is 0. The monoisotopic (exact) mass is 314 g/mol. The van der Waals surface area contributed by atoms with Gasteiger partial charge in [0.1, 0.15) is 12.3 Å². The highest BCUT2D eigenvalue weighted by molar-refractivity contribution is 6.74. The van der Waals surface area contributed by atoms with E-state index >= 15 is 0 Å². The predicted octanol–water partition coefficient (Wildman–Crippen LogP) is 4.19. The van der Waals surface area contributed by atoms with Crippen LogP contribution in [0.2, 0.25) is 18.1 Å². The molecule has 0 atom stereocenters. The Labute approximate surface area is 135 Å². The first kappa shape index (κ1) is 12.5. The van der Waals surface area contributed by atoms with Gasteiger partial charge >= 0.3 is 0 Å². The van der Waals surface area contributed by atoms with Crippen molar-refractivity contribution >= 4 is 14.0 Å². The minimum atomic E-state index is -2.72. The van der Waals surface area contributed by atoms with Crippen molar-refractivity contribution in [3.05, 3.63) is 18.0 Å². The van der Waals surface area contributed by atoms with Gasteiger partial charge in [0.05, 0.1) is 23.4 Å². The van der Waals surface area contributed by atoms with Crippen LogP contribution in [0.3, 0.4) is 0 Å². The normalized spacial score (nSPS) is 17.0. The molecule has 5 heteroatoms. The molecule has 0 saturated heterocycles. The highest BCUT2D eigenvalue weighted by Crippen LogP contribution is 2.36. The fourth-order valence-corrected chi connectivity index (χ4v) is 2.00. The molecule has 0 aliphatic heterocycles. The molecule has 0 fully saturated rings. The van der Waals surface area contributed by atoms with Crippen LogP contribution in [0.5, 0.6) is 5.75 Å². The highest BCUT2D eigenvalue weighted by atomic mass is 28.4. The highest BCUT2D eigenvalue weighted by Gasteiger charge is 2.36. The summed E-state index contributed by atoms with van der Waals surface area (Å²) in [6.45, 7) is 8.07. The van der Waals surface area contributed by atoms with E-state index in [1.54, 1.807) is 0 Å². The molecule has 0 bridgehead atoms. The molecule has 0 saturated carbocycles. The van der Waals surface area contributed by atoms with E-state index in [9.17, 15) is 0 Å². The molecule has 0 amide bonds. The first-order valence-corrected chi connectivity index (χ1v) is 10.1. The van der Waals surface area contributed by atoms with E-state index < -0.39 is 21.4 Å². The van der Waals surface area contributed by atoms with Crippen LogP contribution in [0.15, 0.2) is 12.3 Å². The molecule has 1 aromatic rings. The Hall–Kier alpha value is -1.07. The number of aromatic nitrogens is 1. The number of nitrogens with zero attached hydrogens (tertiary/aromatic N) is 1. The lowest BCUT2D eigenvalue weighted by Crippen LogP contribution is -2.41. The maximum absolute atomic E-state index is 8.15. The molecule has 1 heterocycles. The van der Waals surface area contributed by atoms with Crippen LogP contribution < -0.4 is 10.5 Å². The van der Waals surface area contributed by atoms with E-state index in [1.165, 1.54) is 12.3 Å². The van der Waals surface area contributed by atoms with E-state index in [-0.39, 0.29) is 22.4 Å². The summed E-state index contributed by atoms with van der Waals surface area (Å²) in [6, 6.07) is 1.43. The third-order valence-electron chi connectivity index (χ3n) is 3.84. The molecule has 120 valence electrons. The molecule has 4 nitrogen and oxygen atoms in total. The van der Waals surface area contributed by atoms with Gasteiger partial charge in [0.15, 0.2) is 8.32 Å². The number of rotatable bonds is 6. The summed E-state index contributed by atoms with van der Waals surface area (Å²) < 4.78 is 43.5. The van der Waals surface area contributed by atoms with Crippen LogP contribution >= 0.6 is 0 Å². The SMILES string of the molecule is [2H]C([2H])(Oc1ccnc(C(C)C)c1N)C([2H])([2H])O[Si](C)(C)C(C)(C)C. The molecule has 0 aliphatic carbocycles. The summed E-state index contributed by atoms with van der Waals surface area (Å²) in [5.41, 5.74) is 6.82. The van der Waals surface area contributed by atoms with Gasteiger partial charge in [-0.15, -0.1) is 0 Å². The summed E-state index contributed by atoms with van der Waals surface area (Å²) in [5.74, 6) is 0.0982. The van der Waals surface area contributed by atoms with Crippen molar-refractivity contribution < 1.29 is 14.6 Å². The van der Waals surface area contributed by atoms with Crippen molar-refractivity contribution in [2.24, 2.45) is 0 Å². The van der Waals surface area contributed by atoms with Crippen molar-refractivity contribution in [1.82, 2.24) is 4.98 Å². The molecule has 1 rings (SSSR count). The zero-order valence-electron chi connectivity index (χ0n) is 18.1. The molecule has 0 aromatic carbocycles. The van der Waals surface area contributed by atoms with Gasteiger partial charge < -0.3 is 14.9 Å². The molecule has 0 aliphatic rings. The number of nitrogens with two attached hydrogens (primary N) is 1. The van der Waals surface area contributed by atoms with E-state index in [1.807, 2.05) is 47.7 Å². The number of hydrogen-bond donors (Lipinski definition) is 1. The second kappa shape index (κ2) is 6.79. The van der Waals surface area contributed by atoms with Gasteiger partial charge in [-0.25, -0.2) is 0 Å². The summed E-state index contributed by atoms with van der Waals surface area (Å²) in [6.07, 6.45) is 1.47. The van der Waals surface area contributed by atoms with Gasteiger partial charge in [0.2, 0.25) is 0 Å². The average molecular weight is 315 g/mol. The van der Waals surface area contributed by atoms with Gasteiger partial charge in [-0.3, -0.25) is 4.98 Å². The van der Waals surface area contributed by atoms with Crippen molar-refractivity contribution in [3.63, 3.8) is 0 Å². The molecule has 21 heavy (non-hydrogen) atoms. The lowest BCUT2D eigenvalue weighted by atomic mass is 10.1. The minimum Gasteiger partial charge on any atom is -0.489 e. The molecular formula is C16H30N2O2Si. The Morgan fingerprint density at radius 3 is 2.48 bits per heavy atom. The number of pyridine rings is 1.